The average molecular weight is 531 g/mol. The maximum Gasteiger partial charge on any atom is 0.143 e. The van der Waals surface area contributed by atoms with Gasteiger partial charge in [-0.1, -0.05) is 145 Å². The Balaban J connectivity index is 1.67. The number of hydrogen-bond donors (Lipinski definition) is 0. The summed E-state index contributed by atoms with van der Waals surface area (Å²) in [5, 5.41) is 1.26. The fourth-order valence-corrected chi connectivity index (χ4v) is 5.72. The van der Waals surface area contributed by atoms with Gasteiger partial charge in [0.15, 0.2) is 0 Å². The molecule has 0 amide bonds. The van der Waals surface area contributed by atoms with Crippen LogP contribution >= 0.6 is 0 Å². The lowest BCUT2D eigenvalue weighted by atomic mass is 9.84. The smallest absolute Gasteiger partial charge is 0.143 e. The van der Waals surface area contributed by atoms with Crippen molar-refractivity contribution in [3.05, 3.63) is 158 Å². The maximum atomic E-state index is 9.34. The molecule has 1 heterocycles. The summed E-state index contributed by atoms with van der Waals surface area (Å²) in [6, 6.07) is 31.0. The SMILES string of the molecule is [2H]c1c([2H])c([2H])c2c(-c3c(-c4ccccc4)oc4cc(-c5ccccc5)ccc34)c3c([2H])c([2H])c([2H])c([2H])c3c(-c3ccccc3)c2c1[2H]. The van der Waals surface area contributed by atoms with E-state index in [2.05, 4.69) is 0 Å². The molecule has 0 N–H and O–H groups in total. The van der Waals surface area contributed by atoms with Crippen LogP contribution in [0.2, 0.25) is 0 Å². The molecular weight excluding hydrogens is 496 g/mol. The van der Waals surface area contributed by atoms with Crippen LogP contribution in [0.5, 0.6) is 0 Å². The summed E-state index contributed by atoms with van der Waals surface area (Å²) in [5.41, 5.74) is 4.72. The van der Waals surface area contributed by atoms with Crippen LogP contribution in [0.4, 0.5) is 0 Å². The van der Waals surface area contributed by atoms with Gasteiger partial charge in [-0.3, -0.25) is 0 Å². The minimum Gasteiger partial charge on any atom is -0.455 e. The average Bonchev–Trinajstić information content (AvgIpc) is 3.53. The molecule has 0 radical (unpaired) electrons. The minimum atomic E-state index is -0.446. The Morgan fingerprint density at radius 3 is 1.44 bits per heavy atom. The van der Waals surface area contributed by atoms with Gasteiger partial charge in [-0.05, 0) is 55.9 Å². The maximum absolute atomic E-state index is 9.34. The normalized spacial score (nSPS) is 14.1. The van der Waals surface area contributed by atoms with E-state index in [0.717, 1.165) is 11.1 Å². The van der Waals surface area contributed by atoms with Crippen LogP contribution in [0.15, 0.2) is 162 Å². The van der Waals surface area contributed by atoms with E-state index in [1.165, 1.54) is 0 Å². The summed E-state index contributed by atoms with van der Waals surface area (Å²) in [6.07, 6.45) is 0. The second kappa shape index (κ2) is 9.66. The largest absolute Gasteiger partial charge is 0.455 e. The van der Waals surface area contributed by atoms with Gasteiger partial charge in [0, 0.05) is 22.1 Å². The zero-order chi connectivity index (χ0) is 34.1. The quantitative estimate of drug-likeness (QED) is 0.206. The number of fused-ring (bicyclic) bond motifs is 3. The Morgan fingerprint density at radius 2 is 0.878 bits per heavy atom. The molecule has 7 aromatic carbocycles. The zero-order valence-electron chi connectivity index (χ0n) is 29.8. The van der Waals surface area contributed by atoms with E-state index in [1.807, 2.05) is 84.9 Å². The first-order valence-electron chi connectivity index (χ1n) is 17.4. The molecule has 8 rings (SSSR count). The second-order valence-corrected chi connectivity index (χ2v) is 9.87. The van der Waals surface area contributed by atoms with E-state index in [-0.39, 0.29) is 51.3 Å². The van der Waals surface area contributed by atoms with Crippen LogP contribution < -0.4 is 0 Å². The molecule has 8 aromatic rings. The van der Waals surface area contributed by atoms with E-state index in [9.17, 15) is 5.48 Å². The highest BCUT2D eigenvalue weighted by molar-refractivity contribution is 6.24. The summed E-state index contributed by atoms with van der Waals surface area (Å²) in [7, 11) is 0. The third kappa shape index (κ3) is 3.86. The van der Waals surface area contributed by atoms with Crippen molar-refractivity contribution in [1.82, 2.24) is 0 Å². The number of furan rings is 1. The predicted molar refractivity (Wildman–Crippen MR) is 173 cm³/mol. The van der Waals surface area contributed by atoms with Crippen molar-refractivity contribution in [3.8, 4) is 44.7 Å². The Kier molecular flexibility index (Phi) is 3.92. The van der Waals surface area contributed by atoms with Gasteiger partial charge in [0.1, 0.15) is 11.3 Å². The topological polar surface area (TPSA) is 13.1 Å². The Morgan fingerprint density at radius 1 is 0.390 bits per heavy atom. The molecule has 0 bridgehead atoms. The molecule has 1 nitrogen and oxygen atoms in total. The highest BCUT2D eigenvalue weighted by Crippen LogP contribution is 2.49. The van der Waals surface area contributed by atoms with Crippen LogP contribution in [0, 0.1) is 0 Å². The lowest BCUT2D eigenvalue weighted by Crippen LogP contribution is -1.91. The van der Waals surface area contributed by atoms with Gasteiger partial charge in [-0.15, -0.1) is 0 Å². The lowest BCUT2D eigenvalue weighted by Gasteiger charge is -2.18. The molecule has 0 saturated heterocycles. The molecule has 192 valence electrons. The van der Waals surface area contributed by atoms with E-state index in [0.29, 0.717) is 39.0 Å². The van der Waals surface area contributed by atoms with Crippen molar-refractivity contribution in [3.63, 3.8) is 0 Å². The van der Waals surface area contributed by atoms with Crippen LogP contribution in [0.25, 0.3) is 77.2 Å². The highest BCUT2D eigenvalue weighted by atomic mass is 16.3. The number of hydrogen-bond acceptors (Lipinski definition) is 1. The Hall–Kier alpha value is -5.40. The summed E-state index contributed by atoms with van der Waals surface area (Å²) in [4.78, 5) is 0. The van der Waals surface area contributed by atoms with Crippen LogP contribution in [-0.4, -0.2) is 0 Å². The van der Waals surface area contributed by atoms with Crippen molar-refractivity contribution < 1.29 is 15.4 Å². The molecule has 0 fully saturated rings. The van der Waals surface area contributed by atoms with Gasteiger partial charge in [0.2, 0.25) is 0 Å². The summed E-state index contributed by atoms with van der Waals surface area (Å²) >= 11 is 0. The third-order valence-corrected chi connectivity index (χ3v) is 7.52. The molecule has 0 aliphatic heterocycles. The van der Waals surface area contributed by atoms with E-state index >= 15 is 0 Å². The predicted octanol–water partition coefficient (Wildman–Crippen LogP) is 11.4. The molecule has 41 heavy (non-hydrogen) atoms. The molecule has 0 spiro atoms. The van der Waals surface area contributed by atoms with Gasteiger partial charge in [0.25, 0.3) is 0 Å². The molecule has 0 aliphatic rings. The van der Waals surface area contributed by atoms with E-state index < -0.39 is 24.2 Å². The number of benzene rings is 7. The Labute approximate surface area is 250 Å². The van der Waals surface area contributed by atoms with Crippen molar-refractivity contribution in [2.24, 2.45) is 0 Å². The third-order valence-electron chi connectivity index (χ3n) is 7.52. The molecular formula is C40H26O. The first-order chi connectivity index (χ1) is 23.7. The van der Waals surface area contributed by atoms with Crippen LogP contribution in [0.3, 0.4) is 0 Å². The van der Waals surface area contributed by atoms with Gasteiger partial charge in [-0.25, -0.2) is 0 Å². The highest BCUT2D eigenvalue weighted by Gasteiger charge is 2.24. The molecule has 0 unspecified atom stereocenters. The van der Waals surface area contributed by atoms with Crippen LogP contribution in [-0.2, 0) is 0 Å². The van der Waals surface area contributed by atoms with Gasteiger partial charge >= 0.3 is 0 Å². The van der Waals surface area contributed by atoms with Gasteiger partial charge in [0.05, 0.1) is 11.0 Å². The first kappa shape index (κ1) is 16.6. The van der Waals surface area contributed by atoms with E-state index in [4.69, 9.17) is 9.90 Å². The molecule has 0 aliphatic carbocycles. The van der Waals surface area contributed by atoms with Crippen molar-refractivity contribution in [1.29, 1.82) is 0 Å². The molecule has 0 atom stereocenters. The summed E-state index contributed by atoms with van der Waals surface area (Å²) < 4.78 is 78.8. The van der Waals surface area contributed by atoms with Crippen molar-refractivity contribution in [2.75, 3.05) is 0 Å². The number of rotatable bonds is 4. The van der Waals surface area contributed by atoms with Gasteiger partial charge < -0.3 is 4.42 Å². The molecule has 0 saturated carbocycles. The van der Waals surface area contributed by atoms with Gasteiger partial charge in [-0.2, -0.15) is 0 Å². The summed E-state index contributed by atoms with van der Waals surface area (Å²) in [6.45, 7) is 0. The summed E-state index contributed by atoms with van der Waals surface area (Å²) in [5.74, 6) is 0.413. The fourth-order valence-electron chi connectivity index (χ4n) is 5.72. The minimum absolute atomic E-state index is 0.148. The lowest BCUT2D eigenvalue weighted by molar-refractivity contribution is 0.632. The van der Waals surface area contributed by atoms with Crippen molar-refractivity contribution in [2.45, 2.75) is 0 Å². The Bertz CT molecular complexity index is 2530. The monoisotopic (exact) mass is 530 g/mol. The first-order valence-corrected chi connectivity index (χ1v) is 13.4. The standard InChI is InChI=1S/C40H26O/c1-4-14-27(15-5-1)30-24-25-35-36(26-30)41-40(29-18-8-3-9-19-29)39(35)38-33-22-12-10-20-31(33)37(28-16-6-2-7-17-28)32-21-11-13-23-34(32)38/h1-26H/i10D,11D,12D,13D,20D,21D,22D,23D. The van der Waals surface area contributed by atoms with Crippen molar-refractivity contribution >= 4 is 32.5 Å². The fraction of sp³-hybridized carbons (Fsp3) is 0. The second-order valence-electron chi connectivity index (χ2n) is 9.87. The van der Waals surface area contributed by atoms with E-state index in [1.54, 1.807) is 24.3 Å². The van der Waals surface area contributed by atoms with Crippen LogP contribution in [0.1, 0.15) is 11.0 Å². The zero-order valence-corrected chi connectivity index (χ0v) is 21.8. The molecule has 1 heteroatoms. The molecule has 1 aromatic heterocycles.